The van der Waals surface area contributed by atoms with E-state index in [1.54, 1.807) is 24.0 Å². The van der Waals surface area contributed by atoms with Crippen molar-refractivity contribution in [2.75, 3.05) is 23.7 Å². The number of aryl methyl sites for hydroxylation is 1. The molecule has 1 atom stereocenters. The minimum absolute atomic E-state index is 0.119. The van der Waals surface area contributed by atoms with Gasteiger partial charge in [0.15, 0.2) is 0 Å². The fraction of sp³-hybridized carbons (Fsp3) is 0.462. The van der Waals surface area contributed by atoms with E-state index >= 15 is 0 Å². The highest BCUT2D eigenvalue weighted by molar-refractivity contribution is 9.10. The molecule has 2 rings (SSSR count). The molecule has 0 aliphatic rings. The topological polar surface area (TPSA) is 86.8 Å². The second-order valence-corrected chi connectivity index (χ2v) is 12.0. The standard InChI is InChI=1S/C26H36BrN3O4S/c1-19(2)17-28-26(32)21(4)29(18-22-11-8-12-23(27)16-22)25(31)14-9-15-30(35(5,33)34)24-13-7-6-10-20(24)3/h6-8,10-13,16,19,21H,9,14-15,17-18H2,1-5H3,(H,28,32)/t21-/m1/s1. The molecule has 2 aromatic carbocycles. The summed E-state index contributed by atoms with van der Waals surface area (Å²) >= 11 is 3.46. The minimum atomic E-state index is -3.52. The number of hydrogen-bond acceptors (Lipinski definition) is 4. The average Bonchev–Trinajstić information content (AvgIpc) is 2.78. The van der Waals surface area contributed by atoms with Gasteiger partial charge in [0.1, 0.15) is 6.04 Å². The largest absolute Gasteiger partial charge is 0.354 e. The number of halogens is 1. The lowest BCUT2D eigenvalue weighted by molar-refractivity contribution is -0.140. The molecule has 2 amide bonds. The van der Waals surface area contributed by atoms with E-state index in [-0.39, 0.29) is 31.3 Å². The first-order chi connectivity index (χ1) is 16.4. The van der Waals surface area contributed by atoms with Crippen LogP contribution in [0.5, 0.6) is 0 Å². The highest BCUT2D eigenvalue weighted by Gasteiger charge is 2.27. The predicted molar refractivity (Wildman–Crippen MR) is 145 cm³/mol. The Hall–Kier alpha value is -2.39. The Bertz CT molecular complexity index is 1120. The molecule has 0 spiro atoms. The number of para-hydroxylation sites is 1. The summed E-state index contributed by atoms with van der Waals surface area (Å²) in [5.41, 5.74) is 2.35. The highest BCUT2D eigenvalue weighted by atomic mass is 79.9. The maximum Gasteiger partial charge on any atom is 0.242 e. The molecule has 2 aromatic rings. The van der Waals surface area contributed by atoms with Gasteiger partial charge in [0.05, 0.1) is 11.9 Å². The van der Waals surface area contributed by atoms with Crippen LogP contribution in [0.15, 0.2) is 53.0 Å². The van der Waals surface area contributed by atoms with Gasteiger partial charge in [-0.15, -0.1) is 0 Å². The number of amides is 2. The normalized spacial score (nSPS) is 12.3. The number of anilines is 1. The zero-order valence-electron chi connectivity index (χ0n) is 21.1. The van der Waals surface area contributed by atoms with Crippen molar-refractivity contribution >= 4 is 43.5 Å². The molecule has 9 heteroatoms. The lowest BCUT2D eigenvalue weighted by atomic mass is 10.1. The molecule has 0 fully saturated rings. The molecule has 0 heterocycles. The molecule has 7 nitrogen and oxygen atoms in total. The number of carbonyl (C=O) groups excluding carboxylic acids is 2. The Morgan fingerprint density at radius 3 is 2.34 bits per heavy atom. The van der Waals surface area contributed by atoms with E-state index in [2.05, 4.69) is 21.2 Å². The zero-order chi connectivity index (χ0) is 26.2. The van der Waals surface area contributed by atoms with Crippen LogP contribution in [0.3, 0.4) is 0 Å². The van der Waals surface area contributed by atoms with E-state index in [4.69, 9.17) is 0 Å². The first-order valence-electron chi connectivity index (χ1n) is 11.7. The van der Waals surface area contributed by atoms with E-state index in [0.29, 0.717) is 24.6 Å². The zero-order valence-corrected chi connectivity index (χ0v) is 23.5. The Balaban J connectivity index is 2.17. The summed E-state index contributed by atoms with van der Waals surface area (Å²) in [6, 6.07) is 14.2. The lowest BCUT2D eigenvalue weighted by Crippen LogP contribution is -2.48. The number of nitrogens with zero attached hydrogens (tertiary/aromatic N) is 2. The highest BCUT2D eigenvalue weighted by Crippen LogP contribution is 2.23. The van der Waals surface area contributed by atoms with Crippen LogP contribution < -0.4 is 9.62 Å². The second kappa shape index (κ2) is 13.1. The molecule has 192 valence electrons. The van der Waals surface area contributed by atoms with Crippen LogP contribution in [-0.4, -0.2) is 50.5 Å². The molecule has 0 aliphatic heterocycles. The van der Waals surface area contributed by atoms with E-state index in [1.165, 1.54) is 10.6 Å². The van der Waals surface area contributed by atoms with Crippen LogP contribution in [0.25, 0.3) is 0 Å². The van der Waals surface area contributed by atoms with Gasteiger partial charge >= 0.3 is 0 Å². The molecule has 35 heavy (non-hydrogen) atoms. The summed E-state index contributed by atoms with van der Waals surface area (Å²) in [4.78, 5) is 27.7. The fourth-order valence-corrected chi connectivity index (χ4v) is 5.16. The van der Waals surface area contributed by atoms with Crippen LogP contribution in [0, 0.1) is 12.8 Å². The molecular formula is C26H36BrN3O4S. The van der Waals surface area contributed by atoms with Gasteiger partial charge in [-0.25, -0.2) is 8.42 Å². The first-order valence-corrected chi connectivity index (χ1v) is 14.4. The molecule has 0 saturated heterocycles. The SMILES string of the molecule is Cc1ccccc1N(CCCC(=O)N(Cc1cccc(Br)c1)[C@H](C)C(=O)NCC(C)C)S(C)(=O)=O. The molecule has 0 aromatic heterocycles. The molecule has 0 saturated carbocycles. The van der Waals surface area contributed by atoms with Gasteiger partial charge in [-0.2, -0.15) is 0 Å². The van der Waals surface area contributed by atoms with Crippen molar-refractivity contribution in [3.63, 3.8) is 0 Å². The predicted octanol–water partition coefficient (Wildman–Crippen LogP) is 4.49. The number of nitrogens with one attached hydrogen (secondary N) is 1. The average molecular weight is 567 g/mol. The molecular weight excluding hydrogens is 530 g/mol. The van der Waals surface area contributed by atoms with E-state index in [0.717, 1.165) is 15.6 Å². The Labute approximate surface area is 218 Å². The van der Waals surface area contributed by atoms with E-state index < -0.39 is 16.1 Å². The molecule has 0 aliphatic carbocycles. The van der Waals surface area contributed by atoms with Crippen molar-refractivity contribution in [2.24, 2.45) is 5.92 Å². The van der Waals surface area contributed by atoms with E-state index in [1.807, 2.05) is 57.2 Å². The number of hydrogen-bond donors (Lipinski definition) is 1. The fourth-order valence-electron chi connectivity index (χ4n) is 3.69. The van der Waals surface area contributed by atoms with Crippen LogP contribution in [0.4, 0.5) is 5.69 Å². The van der Waals surface area contributed by atoms with Gasteiger partial charge in [-0.05, 0) is 55.5 Å². The molecule has 0 bridgehead atoms. The lowest BCUT2D eigenvalue weighted by Gasteiger charge is -2.30. The smallest absolute Gasteiger partial charge is 0.242 e. The number of benzene rings is 2. The number of rotatable bonds is 12. The van der Waals surface area contributed by atoms with Crippen molar-refractivity contribution in [1.29, 1.82) is 0 Å². The summed E-state index contributed by atoms with van der Waals surface area (Å²) in [6.07, 6.45) is 1.62. The quantitative estimate of drug-likeness (QED) is 0.410. The third kappa shape index (κ3) is 8.96. The van der Waals surface area contributed by atoms with Crippen LogP contribution >= 0.6 is 15.9 Å². The first kappa shape index (κ1) is 28.8. The van der Waals surface area contributed by atoms with Crippen LogP contribution in [-0.2, 0) is 26.2 Å². The van der Waals surface area contributed by atoms with Gasteiger partial charge in [-0.3, -0.25) is 13.9 Å². The number of carbonyl (C=O) groups is 2. The van der Waals surface area contributed by atoms with E-state index in [9.17, 15) is 18.0 Å². The summed E-state index contributed by atoms with van der Waals surface area (Å²) in [5.74, 6) is -0.112. The van der Waals surface area contributed by atoms with Gasteiger partial charge in [-0.1, -0.05) is 60.1 Å². The van der Waals surface area contributed by atoms with Crippen molar-refractivity contribution in [1.82, 2.24) is 10.2 Å². The maximum atomic E-state index is 13.3. The third-order valence-electron chi connectivity index (χ3n) is 5.63. The Kier molecular flexibility index (Phi) is 10.8. The van der Waals surface area contributed by atoms with Gasteiger partial charge in [0, 0.05) is 30.5 Å². The minimum Gasteiger partial charge on any atom is -0.354 e. The summed E-state index contributed by atoms with van der Waals surface area (Å²) in [7, 11) is -3.52. The second-order valence-electron chi connectivity index (χ2n) is 9.19. The Morgan fingerprint density at radius 2 is 1.74 bits per heavy atom. The van der Waals surface area contributed by atoms with Gasteiger partial charge in [0.25, 0.3) is 0 Å². The Morgan fingerprint density at radius 1 is 1.06 bits per heavy atom. The molecule has 1 N–H and O–H groups in total. The van der Waals surface area contributed by atoms with Crippen molar-refractivity contribution < 1.29 is 18.0 Å². The van der Waals surface area contributed by atoms with Crippen molar-refractivity contribution in [3.8, 4) is 0 Å². The summed E-state index contributed by atoms with van der Waals surface area (Å²) in [5, 5.41) is 2.91. The van der Waals surface area contributed by atoms with Gasteiger partial charge in [0.2, 0.25) is 21.8 Å². The molecule has 0 radical (unpaired) electrons. The molecule has 0 unspecified atom stereocenters. The summed E-state index contributed by atoms with van der Waals surface area (Å²) in [6.45, 7) is 8.59. The van der Waals surface area contributed by atoms with Crippen LogP contribution in [0.2, 0.25) is 0 Å². The maximum absolute atomic E-state index is 13.3. The van der Waals surface area contributed by atoms with Crippen molar-refractivity contribution in [2.45, 2.75) is 53.1 Å². The number of sulfonamides is 1. The summed E-state index contributed by atoms with van der Waals surface area (Å²) < 4.78 is 27.2. The van der Waals surface area contributed by atoms with Crippen molar-refractivity contribution in [3.05, 3.63) is 64.1 Å². The third-order valence-corrected chi connectivity index (χ3v) is 7.30. The monoisotopic (exact) mass is 565 g/mol. The van der Waals surface area contributed by atoms with Crippen LogP contribution in [0.1, 0.15) is 44.7 Å². The van der Waals surface area contributed by atoms with Gasteiger partial charge < -0.3 is 10.2 Å².